The molecule has 1 aliphatic heterocycles. The molecular formula is C26H26FN5O2S. The fraction of sp³-hybridized carbons (Fsp3) is 0.308. The van der Waals surface area contributed by atoms with Crippen LogP contribution >= 0.6 is 11.3 Å². The van der Waals surface area contributed by atoms with Crippen molar-refractivity contribution in [2.75, 3.05) is 26.2 Å². The molecule has 1 fully saturated rings. The van der Waals surface area contributed by atoms with Crippen LogP contribution < -0.4 is 5.56 Å². The van der Waals surface area contributed by atoms with Gasteiger partial charge < -0.3 is 4.90 Å². The van der Waals surface area contributed by atoms with Gasteiger partial charge in [0.05, 0.1) is 11.6 Å². The van der Waals surface area contributed by atoms with E-state index in [4.69, 9.17) is 0 Å². The Morgan fingerprint density at radius 2 is 1.77 bits per heavy atom. The predicted octanol–water partition coefficient (Wildman–Crippen LogP) is 3.80. The van der Waals surface area contributed by atoms with Gasteiger partial charge in [-0.3, -0.25) is 14.5 Å². The predicted molar refractivity (Wildman–Crippen MR) is 134 cm³/mol. The van der Waals surface area contributed by atoms with Crippen molar-refractivity contribution in [3.63, 3.8) is 0 Å². The maximum Gasteiger partial charge on any atom is 0.275 e. The third-order valence-corrected chi connectivity index (χ3v) is 7.32. The molecule has 35 heavy (non-hydrogen) atoms. The monoisotopic (exact) mass is 491 g/mol. The van der Waals surface area contributed by atoms with Crippen LogP contribution in [0.3, 0.4) is 0 Å². The van der Waals surface area contributed by atoms with Crippen molar-refractivity contribution < 1.29 is 9.18 Å². The molecule has 0 N–H and O–H groups in total. The Hall–Kier alpha value is -3.43. The molecule has 1 aliphatic rings. The molecule has 0 spiro atoms. The molecule has 180 valence electrons. The number of rotatable bonds is 6. The summed E-state index contributed by atoms with van der Waals surface area (Å²) in [6.45, 7) is 5.25. The van der Waals surface area contributed by atoms with E-state index in [1.807, 2.05) is 42.2 Å². The quantitative estimate of drug-likeness (QED) is 0.410. The molecule has 1 amide bonds. The lowest BCUT2D eigenvalue weighted by Crippen LogP contribution is -2.49. The lowest BCUT2D eigenvalue weighted by molar-refractivity contribution is -0.134. The second-order valence-corrected chi connectivity index (χ2v) is 9.60. The average molecular weight is 492 g/mol. The van der Waals surface area contributed by atoms with Crippen LogP contribution in [-0.2, 0) is 11.3 Å². The molecule has 1 atom stereocenters. The number of fused-ring (bicyclic) bond motifs is 1. The maximum absolute atomic E-state index is 14.2. The zero-order valence-corrected chi connectivity index (χ0v) is 20.2. The summed E-state index contributed by atoms with van der Waals surface area (Å²) >= 11 is 1.19. The van der Waals surface area contributed by atoms with Crippen LogP contribution in [-0.4, -0.2) is 56.5 Å². The van der Waals surface area contributed by atoms with Gasteiger partial charge in [-0.2, -0.15) is 9.61 Å². The minimum Gasteiger partial charge on any atom is -0.340 e. The molecular weight excluding hydrogens is 465 g/mol. The smallest absolute Gasteiger partial charge is 0.275 e. The minimum absolute atomic E-state index is 0.123. The highest BCUT2D eigenvalue weighted by Crippen LogP contribution is 2.27. The normalized spacial score (nSPS) is 15.4. The van der Waals surface area contributed by atoms with Crippen LogP contribution in [0.1, 0.15) is 30.5 Å². The standard InChI is InChI=1S/C26H26FN5O2S/c1-2-20(18-8-4-3-5-9-18)25(34)31-14-12-30(13-15-31)17-19-16-23(33)32-26(28-19)35-24(29-32)21-10-6-7-11-22(21)27/h3-11,16,20H,2,12-15,17H2,1H3/t20-/m1/s1. The molecule has 4 aromatic rings. The molecule has 5 rings (SSSR count). The van der Waals surface area contributed by atoms with Gasteiger partial charge >= 0.3 is 0 Å². The molecule has 2 aromatic heterocycles. The Kier molecular flexibility index (Phi) is 6.70. The fourth-order valence-electron chi connectivity index (χ4n) is 4.49. The molecule has 1 saturated heterocycles. The van der Waals surface area contributed by atoms with E-state index in [0.717, 1.165) is 12.0 Å². The molecule has 0 bridgehead atoms. The number of amides is 1. The van der Waals surface area contributed by atoms with E-state index in [1.54, 1.807) is 18.2 Å². The highest BCUT2D eigenvalue weighted by atomic mass is 32.1. The summed E-state index contributed by atoms with van der Waals surface area (Å²) in [5, 5.41) is 4.69. The molecule has 0 unspecified atom stereocenters. The van der Waals surface area contributed by atoms with Crippen LogP contribution in [0, 0.1) is 5.82 Å². The topological polar surface area (TPSA) is 70.8 Å². The van der Waals surface area contributed by atoms with Crippen LogP contribution in [0.25, 0.3) is 15.5 Å². The second kappa shape index (κ2) is 10.1. The van der Waals surface area contributed by atoms with Gasteiger partial charge in [-0.25, -0.2) is 9.37 Å². The fourth-order valence-corrected chi connectivity index (χ4v) is 5.45. The Bertz CT molecular complexity index is 1400. The first kappa shape index (κ1) is 23.3. The number of carbonyl (C=O) groups excluding carboxylic acids is 1. The molecule has 2 aromatic carbocycles. The van der Waals surface area contributed by atoms with Crippen LogP contribution in [0.4, 0.5) is 4.39 Å². The number of aromatic nitrogens is 3. The lowest BCUT2D eigenvalue weighted by Gasteiger charge is -2.36. The SMILES string of the molecule is CC[C@@H](C(=O)N1CCN(Cc2cc(=O)n3nc(-c4ccccc4F)sc3n2)CC1)c1ccccc1. The summed E-state index contributed by atoms with van der Waals surface area (Å²) in [6, 6.07) is 17.8. The average Bonchev–Trinajstić information content (AvgIpc) is 3.30. The zero-order chi connectivity index (χ0) is 24.4. The van der Waals surface area contributed by atoms with Gasteiger partial charge in [-0.05, 0) is 24.1 Å². The van der Waals surface area contributed by atoms with E-state index in [2.05, 4.69) is 15.0 Å². The number of nitrogens with zero attached hydrogens (tertiary/aromatic N) is 5. The number of piperazine rings is 1. The summed E-state index contributed by atoms with van der Waals surface area (Å²) in [7, 11) is 0. The number of benzene rings is 2. The van der Waals surface area contributed by atoms with Gasteiger partial charge in [0.25, 0.3) is 5.56 Å². The van der Waals surface area contributed by atoms with Crippen molar-refractivity contribution in [2.45, 2.75) is 25.8 Å². The third-order valence-electron chi connectivity index (χ3n) is 6.38. The van der Waals surface area contributed by atoms with Crippen LogP contribution in [0.15, 0.2) is 65.5 Å². The number of hydrogen-bond acceptors (Lipinski definition) is 6. The molecule has 3 heterocycles. The second-order valence-electron chi connectivity index (χ2n) is 8.64. The first-order valence-electron chi connectivity index (χ1n) is 11.7. The molecule has 0 aliphatic carbocycles. The summed E-state index contributed by atoms with van der Waals surface area (Å²) in [4.78, 5) is 35.0. The van der Waals surface area contributed by atoms with E-state index in [0.29, 0.717) is 53.9 Å². The van der Waals surface area contributed by atoms with Crippen LogP contribution in [0.5, 0.6) is 0 Å². The molecule has 0 saturated carbocycles. The third kappa shape index (κ3) is 4.87. The van der Waals surface area contributed by atoms with Crippen molar-refractivity contribution in [3.8, 4) is 10.6 Å². The van der Waals surface area contributed by atoms with E-state index < -0.39 is 0 Å². The summed E-state index contributed by atoms with van der Waals surface area (Å²) in [5.41, 5.74) is 1.77. The summed E-state index contributed by atoms with van der Waals surface area (Å²) in [6.07, 6.45) is 0.765. The van der Waals surface area contributed by atoms with Gasteiger partial charge in [-0.1, -0.05) is 60.7 Å². The van der Waals surface area contributed by atoms with Gasteiger partial charge in [0.2, 0.25) is 10.9 Å². The Balaban J connectivity index is 1.26. The minimum atomic E-state index is -0.384. The van der Waals surface area contributed by atoms with Gasteiger partial charge in [0, 0.05) is 44.4 Å². The number of carbonyl (C=O) groups is 1. The van der Waals surface area contributed by atoms with E-state index in [-0.39, 0.29) is 23.2 Å². The first-order chi connectivity index (χ1) is 17.0. The molecule has 0 radical (unpaired) electrons. The summed E-state index contributed by atoms with van der Waals surface area (Å²) < 4.78 is 15.4. The highest BCUT2D eigenvalue weighted by molar-refractivity contribution is 7.19. The van der Waals surface area contributed by atoms with Crippen molar-refractivity contribution in [2.24, 2.45) is 0 Å². The molecule has 9 heteroatoms. The summed E-state index contributed by atoms with van der Waals surface area (Å²) in [5.74, 6) is -0.340. The van der Waals surface area contributed by atoms with Crippen LogP contribution in [0.2, 0.25) is 0 Å². The number of hydrogen-bond donors (Lipinski definition) is 0. The maximum atomic E-state index is 14.2. The van der Waals surface area contributed by atoms with E-state index in [1.165, 1.54) is 28.0 Å². The Morgan fingerprint density at radius 3 is 2.49 bits per heavy atom. The van der Waals surface area contributed by atoms with Crippen molar-refractivity contribution in [1.29, 1.82) is 0 Å². The van der Waals surface area contributed by atoms with E-state index >= 15 is 0 Å². The largest absolute Gasteiger partial charge is 0.340 e. The van der Waals surface area contributed by atoms with Crippen molar-refractivity contribution in [3.05, 3.63) is 88.1 Å². The van der Waals surface area contributed by atoms with E-state index in [9.17, 15) is 14.0 Å². The zero-order valence-electron chi connectivity index (χ0n) is 19.4. The Morgan fingerprint density at radius 1 is 1.06 bits per heavy atom. The highest BCUT2D eigenvalue weighted by Gasteiger charge is 2.27. The van der Waals surface area contributed by atoms with Gasteiger partial charge in [0.1, 0.15) is 5.82 Å². The molecule has 7 nitrogen and oxygen atoms in total. The van der Waals surface area contributed by atoms with Crippen molar-refractivity contribution in [1.82, 2.24) is 24.4 Å². The van der Waals surface area contributed by atoms with Crippen molar-refractivity contribution >= 4 is 22.2 Å². The van der Waals surface area contributed by atoms with Gasteiger partial charge in [0.15, 0.2) is 5.01 Å². The lowest BCUT2D eigenvalue weighted by atomic mass is 9.95. The Labute approximate surface area is 206 Å². The van der Waals surface area contributed by atoms with Gasteiger partial charge in [-0.15, -0.1) is 0 Å². The number of halogens is 1. The first-order valence-corrected chi connectivity index (χ1v) is 12.6.